The highest BCUT2D eigenvalue weighted by Crippen LogP contribution is 2.42. The lowest BCUT2D eigenvalue weighted by Crippen LogP contribution is -2.45. The van der Waals surface area contributed by atoms with E-state index in [9.17, 15) is 14.7 Å². The van der Waals surface area contributed by atoms with Crippen molar-refractivity contribution in [3.05, 3.63) is 95.1 Å². The molecule has 44 heavy (non-hydrogen) atoms. The molecule has 0 aromatic heterocycles. The van der Waals surface area contributed by atoms with E-state index in [2.05, 4.69) is 53.5 Å². The number of hydrogen-bond donors (Lipinski definition) is 2. The predicted octanol–water partition coefficient (Wildman–Crippen LogP) is 5.69. The van der Waals surface area contributed by atoms with Crippen LogP contribution >= 0.6 is 0 Å². The summed E-state index contributed by atoms with van der Waals surface area (Å²) in [5, 5.41) is 12.4. The van der Waals surface area contributed by atoms with E-state index < -0.39 is 18.4 Å². The number of piperidine rings is 1. The van der Waals surface area contributed by atoms with Crippen molar-refractivity contribution in [2.75, 3.05) is 19.6 Å². The van der Waals surface area contributed by atoms with Gasteiger partial charge in [0.25, 0.3) is 5.91 Å². The molecule has 234 valence electrons. The number of amides is 1. The number of aliphatic hydroxyl groups is 1. The highest BCUT2D eigenvalue weighted by atomic mass is 16.7. The molecule has 0 unspecified atom stereocenters. The number of hydrogen-bond acceptors (Lipinski definition) is 7. The monoisotopic (exact) mass is 600 g/mol. The lowest BCUT2D eigenvalue weighted by atomic mass is 9.89. The molecule has 5 atom stereocenters. The second-order valence-corrected chi connectivity index (χ2v) is 12.0. The topological polar surface area (TPSA) is 97.3 Å². The zero-order valence-corrected chi connectivity index (χ0v) is 25.9. The van der Waals surface area contributed by atoms with Crippen molar-refractivity contribution < 1.29 is 28.9 Å². The van der Waals surface area contributed by atoms with Gasteiger partial charge in [0.15, 0.2) is 12.4 Å². The van der Waals surface area contributed by atoms with Crippen LogP contribution in [0.5, 0.6) is 0 Å². The van der Waals surface area contributed by atoms with Crippen molar-refractivity contribution >= 4 is 11.9 Å². The molecule has 8 heteroatoms. The summed E-state index contributed by atoms with van der Waals surface area (Å²) in [7, 11) is 0. The van der Waals surface area contributed by atoms with E-state index in [1.807, 2.05) is 36.4 Å². The first-order chi connectivity index (χ1) is 21.3. The second-order valence-electron chi connectivity index (χ2n) is 12.0. The molecule has 2 aliphatic rings. The minimum Gasteiger partial charge on any atom is -0.453 e. The van der Waals surface area contributed by atoms with E-state index in [4.69, 9.17) is 14.2 Å². The smallest absolute Gasteiger partial charge is 0.303 e. The number of esters is 1. The number of benzene rings is 3. The van der Waals surface area contributed by atoms with E-state index in [1.165, 1.54) is 26.2 Å². The summed E-state index contributed by atoms with van der Waals surface area (Å²) in [4.78, 5) is 25.9. The first-order valence-corrected chi connectivity index (χ1v) is 15.7. The fraction of sp³-hybridized carbons (Fsp3) is 0.444. The van der Waals surface area contributed by atoms with Crippen LogP contribution in [0, 0.1) is 5.92 Å². The Kier molecular flexibility index (Phi) is 10.8. The van der Waals surface area contributed by atoms with Gasteiger partial charge in [0, 0.05) is 31.5 Å². The van der Waals surface area contributed by atoms with Crippen LogP contribution in [0.4, 0.5) is 0 Å². The van der Waals surface area contributed by atoms with Crippen LogP contribution in [0.3, 0.4) is 0 Å². The maximum absolute atomic E-state index is 12.3. The Morgan fingerprint density at radius 2 is 1.64 bits per heavy atom. The van der Waals surface area contributed by atoms with Crippen molar-refractivity contribution in [1.29, 1.82) is 0 Å². The SMILES string of the molecule is CC(=O)O[C@@H](C)C(=O)NCc1cccc(-c2ccc([C@H]3O[C@@H](CN4CCCCC4)[C@@H](C)[C@@H](c4ccc(CO)cc4)O3)cc2)c1. The summed E-state index contributed by atoms with van der Waals surface area (Å²) >= 11 is 0. The maximum Gasteiger partial charge on any atom is 0.303 e. The number of carbonyl (C=O) groups excluding carboxylic acids is 2. The second kappa shape index (κ2) is 14.9. The summed E-state index contributed by atoms with van der Waals surface area (Å²) in [5.41, 5.74) is 5.95. The van der Waals surface area contributed by atoms with Crippen LogP contribution in [0.2, 0.25) is 0 Å². The Morgan fingerprint density at radius 3 is 2.32 bits per heavy atom. The normalized spacial score (nSPS) is 23.1. The van der Waals surface area contributed by atoms with Gasteiger partial charge < -0.3 is 29.5 Å². The van der Waals surface area contributed by atoms with Crippen LogP contribution in [0.15, 0.2) is 72.8 Å². The molecule has 0 aliphatic carbocycles. The van der Waals surface area contributed by atoms with E-state index in [0.717, 1.165) is 53.0 Å². The molecule has 0 radical (unpaired) electrons. The lowest BCUT2D eigenvalue weighted by Gasteiger charge is -2.43. The molecular formula is C36H44N2O6. The Bertz CT molecular complexity index is 1390. The Balaban J connectivity index is 1.30. The van der Waals surface area contributed by atoms with Gasteiger partial charge in [0.05, 0.1) is 18.8 Å². The number of nitrogens with zero attached hydrogens (tertiary/aromatic N) is 1. The zero-order chi connectivity index (χ0) is 31.1. The van der Waals surface area contributed by atoms with Crippen molar-refractivity contribution in [1.82, 2.24) is 10.2 Å². The van der Waals surface area contributed by atoms with E-state index in [-0.39, 0.29) is 30.6 Å². The average molecular weight is 601 g/mol. The Labute approximate surface area is 260 Å². The van der Waals surface area contributed by atoms with E-state index in [1.54, 1.807) is 6.92 Å². The molecule has 0 bridgehead atoms. The molecular weight excluding hydrogens is 556 g/mol. The number of nitrogens with one attached hydrogen (secondary N) is 1. The quantitative estimate of drug-likeness (QED) is 0.289. The number of aliphatic hydroxyl groups excluding tert-OH is 1. The zero-order valence-electron chi connectivity index (χ0n) is 25.9. The van der Waals surface area contributed by atoms with Crippen molar-refractivity contribution in [2.24, 2.45) is 5.92 Å². The predicted molar refractivity (Wildman–Crippen MR) is 168 cm³/mol. The molecule has 3 aromatic carbocycles. The van der Waals surface area contributed by atoms with Crippen LogP contribution < -0.4 is 5.32 Å². The summed E-state index contributed by atoms with van der Waals surface area (Å²) in [6.45, 7) is 8.50. The molecule has 2 saturated heterocycles. The molecule has 5 rings (SSSR count). The first-order valence-electron chi connectivity index (χ1n) is 15.7. The summed E-state index contributed by atoms with van der Waals surface area (Å²) in [6.07, 6.45) is 2.30. The minimum atomic E-state index is -0.839. The minimum absolute atomic E-state index is 0.0177. The van der Waals surface area contributed by atoms with Gasteiger partial charge in [-0.15, -0.1) is 0 Å². The van der Waals surface area contributed by atoms with Crippen molar-refractivity contribution in [2.45, 2.75) is 77.8 Å². The van der Waals surface area contributed by atoms with Crippen LogP contribution in [0.25, 0.3) is 11.1 Å². The molecule has 2 heterocycles. The standard InChI is InChI=1S/C36H44N2O6/c1-24-33(22-38-18-5-4-6-19-38)43-36(44-34(24)30-12-10-27(23-39)11-13-30)31-16-14-29(15-17-31)32-9-7-8-28(20-32)21-37-35(41)25(2)42-26(3)40/h7-17,20,24-25,33-34,36,39H,4-6,18-19,21-23H2,1-3H3,(H,37,41)/t24-,25+,33+,34+,36+/m1/s1. The van der Waals surface area contributed by atoms with Gasteiger partial charge in [-0.1, -0.05) is 80.1 Å². The lowest BCUT2D eigenvalue weighted by molar-refractivity contribution is -0.276. The molecule has 2 aliphatic heterocycles. The van der Waals surface area contributed by atoms with Gasteiger partial charge in [-0.05, 0) is 66.7 Å². The molecule has 3 aromatic rings. The molecule has 1 amide bonds. The van der Waals surface area contributed by atoms with Crippen molar-refractivity contribution in [3.8, 4) is 11.1 Å². The largest absolute Gasteiger partial charge is 0.453 e. The number of rotatable bonds is 10. The fourth-order valence-electron chi connectivity index (χ4n) is 6.05. The maximum atomic E-state index is 12.3. The molecule has 0 saturated carbocycles. The third kappa shape index (κ3) is 8.12. The van der Waals surface area contributed by atoms with Gasteiger partial charge >= 0.3 is 5.97 Å². The highest BCUT2D eigenvalue weighted by Gasteiger charge is 2.39. The molecule has 2 N–H and O–H groups in total. The first kappa shape index (κ1) is 31.9. The van der Waals surface area contributed by atoms with E-state index in [0.29, 0.717) is 6.54 Å². The van der Waals surface area contributed by atoms with Crippen LogP contribution in [0.1, 0.15) is 74.7 Å². The van der Waals surface area contributed by atoms with Gasteiger partial charge in [0.2, 0.25) is 0 Å². The van der Waals surface area contributed by atoms with Crippen LogP contribution in [-0.2, 0) is 37.0 Å². The van der Waals surface area contributed by atoms with Gasteiger partial charge in [-0.25, -0.2) is 0 Å². The third-order valence-corrected chi connectivity index (χ3v) is 8.63. The highest BCUT2D eigenvalue weighted by molar-refractivity contribution is 5.82. The van der Waals surface area contributed by atoms with Crippen LogP contribution in [-0.4, -0.2) is 53.7 Å². The van der Waals surface area contributed by atoms with Gasteiger partial charge in [-0.3, -0.25) is 9.59 Å². The Morgan fingerprint density at radius 1 is 0.932 bits per heavy atom. The Hall–Kier alpha value is -3.56. The summed E-state index contributed by atoms with van der Waals surface area (Å²) < 4.78 is 18.3. The molecule has 2 fully saturated rings. The number of ether oxygens (including phenoxy) is 3. The number of likely N-dealkylation sites (tertiary alicyclic amines) is 1. The molecule has 0 spiro atoms. The van der Waals surface area contributed by atoms with Gasteiger partial charge in [0.1, 0.15) is 0 Å². The van der Waals surface area contributed by atoms with Crippen molar-refractivity contribution in [3.63, 3.8) is 0 Å². The molecule has 8 nitrogen and oxygen atoms in total. The summed E-state index contributed by atoms with van der Waals surface area (Å²) in [5.74, 6) is -0.660. The number of carbonyl (C=O) groups is 2. The summed E-state index contributed by atoms with van der Waals surface area (Å²) in [6, 6.07) is 24.3. The third-order valence-electron chi connectivity index (χ3n) is 8.63. The fourth-order valence-corrected chi connectivity index (χ4v) is 6.05. The average Bonchev–Trinajstić information content (AvgIpc) is 3.05. The van der Waals surface area contributed by atoms with Gasteiger partial charge in [-0.2, -0.15) is 0 Å². The van der Waals surface area contributed by atoms with E-state index >= 15 is 0 Å².